The zero-order chi connectivity index (χ0) is 16.3. The largest absolute Gasteiger partial charge is 0.484 e. The van der Waals surface area contributed by atoms with Crippen molar-refractivity contribution < 1.29 is 14.6 Å². The van der Waals surface area contributed by atoms with Crippen LogP contribution < -0.4 is 15.4 Å². The Hall–Kier alpha value is -1.59. The molecule has 2 rings (SSSR count). The number of aliphatic hydroxyl groups is 1. The van der Waals surface area contributed by atoms with Crippen LogP contribution in [0.3, 0.4) is 0 Å². The van der Waals surface area contributed by atoms with Crippen molar-refractivity contribution in [2.24, 2.45) is 5.73 Å². The normalized spacial score (nSPS) is 17.6. The lowest BCUT2D eigenvalue weighted by atomic mass is 10.00. The molecular formula is C17H26N2O3. The van der Waals surface area contributed by atoms with Gasteiger partial charge in [-0.1, -0.05) is 13.0 Å². The molecule has 1 aliphatic rings. The van der Waals surface area contributed by atoms with E-state index in [1.807, 2.05) is 39.0 Å². The van der Waals surface area contributed by atoms with Crippen LogP contribution in [0.5, 0.6) is 5.75 Å². The molecule has 5 nitrogen and oxygen atoms in total. The summed E-state index contributed by atoms with van der Waals surface area (Å²) in [5.74, 6) is 0.749. The van der Waals surface area contributed by atoms with Gasteiger partial charge in [0.2, 0.25) is 5.91 Å². The van der Waals surface area contributed by atoms with Gasteiger partial charge >= 0.3 is 0 Å². The predicted octanol–water partition coefficient (Wildman–Crippen LogP) is 2.37. The topological polar surface area (TPSA) is 75.8 Å². The molecule has 0 fully saturated rings. The highest BCUT2D eigenvalue weighted by Crippen LogP contribution is 2.39. The number of benzene rings is 1. The van der Waals surface area contributed by atoms with E-state index in [9.17, 15) is 9.90 Å². The van der Waals surface area contributed by atoms with E-state index >= 15 is 0 Å². The van der Waals surface area contributed by atoms with Gasteiger partial charge in [0.15, 0.2) is 0 Å². The van der Waals surface area contributed by atoms with Gasteiger partial charge in [0.25, 0.3) is 0 Å². The molecule has 0 radical (unpaired) electrons. The van der Waals surface area contributed by atoms with Crippen LogP contribution in [0.15, 0.2) is 18.2 Å². The number of carbonyl (C=O) groups excluding carboxylic acids is 1. The fourth-order valence-electron chi connectivity index (χ4n) is 2.73. The summed E-state index contributed by atoms with van der Waals surface area (Å²) in [6.45, 7) is 6.85. The maximum absolute atomic E-state index is 12.3. The van der Waals surface area contributed by atoms with E-state index in [-0.39, 0.29) is 5.91 Å². The third-order valence-electron chi connectivity index (χ3n) is 3.87. The number of fused-ring (bicyclic) bond motifs is 1. The van der Waals surface area contributed by atoms with Gasteiger partial charge in [-0.3, -0.25) is 4.79 Å². The van der Waals surface area contributed by atoms with E-state index in [2.05, 4.69) is 0 Å². The minimum absolute atomic E-state index is 0.0613. The second-order valence-corrected chi connectivity index (χ2v) is 6.37. The fourth-order valence-corrected chi connectivity index (χ4v) is 2.73. The van der Waals surface area contributed by atoms with Crippen LogP contribution in [0.4, 0.5) is 5.69 Å². The van der Waals surface area contributed by atoms with E-state index < -0.39 is 11.7 Å². The lowest BCUT2D eigenvalue weighted by molar-refractivity contribution is -0.119. The molecule has 22 heavy (non-hydrogen) atoms. The Balaban J connectivity index is 2.34. The van der Waals surface area contributed by atoms with Crippen molar-refractivity contribution in [3.05, 3.63) is 23.8 Å². The first-order valence-electron chi connectivity index (χ1n) is 7.89. The number of hydrogen-bond donors (Lipinski definition) is 2. The van der Waals surface area contributed by atoms with E-state index in [4.69, 9.17) is 10.5 Å². The molecule has 5 heteroatoms. The predicted molar refractivity (Wildman–Crippen MR) is 87.0 cm³/mol. The van der Waals surface area contributed by atoms with Crippen LogP contribution in [-0.4, -0.2) is 29.7 Å². The van der Waals surface area contributed by atoms with Crippen LogP contribution in [0.1, 0.15) is 51.7 Å². The Labute approximate surface area is 132 Å². The quantitative estimate of drug-likeness (QED) is 0.875. The van der Waals surface area contributed by atoms with E-state index in [0.29, 0.717) is 31.7 Å². The highest BCUT2D eigenvalue weighted by molar-refractivity contribution is 5.95. The smallest absolute Gasteiger partial charge is 0.226 e. The molecule has 1 aliphatic heterocycles. The first-order chi connectivity index (χ1) is 10.4. The van der Waals surface area contributed by atoms with E-state index in [1.165, 1.54) is 0 Å². The molecule has 1 amide bonds. The second kappa shape index (κ2) is 6.67. The maximum atomic E-state index is 12.3. The van der Waals surface area contributed by atoms with Crippen molar-refractivity contribution in [2.45, 2.75) is 51.7 Å². The van der Waals surface area contributed by atoms with Gasteiger partial charge in [-0.2, -0.15) is 0 Å². The lowest BCUT2D eigenvalue weighted by Crippen LogP contribution is -2.49. The Kier molecular flexibility index (Phi) is 5.08. The molecule has 1 aromatic rings. The molecular weight excluding hydrogens is 280 g/mol. The second-order valence-electron chi connectivity index (χ2n) is 6.37. The van der Waals surface area contributed by atoms with Crippen molar-refractivity contribution in [1.29, 1.82) is 0 Å². The van der Waals surface area contributed by atoms with Gasteiger partial charge in [0, 0.05) is 6.42 Å². The monoisotopic (exact) mass is 306 g/mol. The number of nitrogens with two attached hydrogens (primary N) is 1. The third kappa shape index (κ3) is 3.59. The summed E-state index contributed by atoms with van der Waals surface area (Å²) < 4.78 is 5.96. The van der Waals surface area contributed by atoms with Gasteiger partial charge in [-0.15, -0.1) is 0 Å². The van der Waals surface area contributed by atoms with Crippen molar-refractivity contribution >= 4 is 11.6 Å². The minimum Gasteiger partial charge on any atom is -0.484 e. The van der Waals surface area contributed by atoms with E-state index in [1.54, 1.807) is 4.90 Å². The average molecular weight is 306 g/mol. The van der Waals surface area contributed by atoms with Gasteiger partial charge in [-0.05, 0) is 50.9 Å². The molecule has 0 saturated carbocycles. The molecule has 0 spiro atoms. The molecule has 122 valence electrons. The summed E-state index contributed by atoms with van der Waals surface area (Å²) in [7, 11) is 0. The maximum Gasteiger partial charge on any atom is 0.226 e. The van der Waals surface area contributed by atoms with Gasteiger partial charge < -0.3 is 20.5 Å². The molecule has 1 unspecified atom stereocenters. The number of carbonyl (C=O) groups is 1. The number of nitrogens with zero attached hydrogens (tertiary/aromatic N) is 1. The number of rotatable bonds is 5. The van der Waals surface area contributed by atoms with Crippen LogP contribution in [0.25, 0.3) is 0 Å². The first kappa shape index (κ1) is 16.8. The Morgan fingerprint density at radius 3 is 2.86 bits per heavy atom. The molecule has 0 aromatic heterocycles. The number of ether oxygens (including phenoxy) is 1. The molecule has 0 bridgehead atoms. The number of aliphatic hydroxyl groups excluding tert-OH is 1. The zero-order valence-corrected chi connectivity index (χ0v) is 13.6. The van der Waals surface area contributed by atoms with Crippen LogP contribution in [0, 0.1) is 0 Å². The molecule has 3 N–H and O–H groups in total. The summed E-state index contributed by atoms with van der Waals surface area (Å²) >= 11 is 0. The SMILES string of the molecule is CCC(=O)N1CC(C)(C)Oc2ccc(C(O)CCCN)cc21. The summed E-state index contributed by atoms with van der Waals surface area (Å²) in [6.07, 6.45) is 1.25. The van der Waals surface area contributed by atoms with Crippen molar-refractivity contribution in [2.75, 3.05) is 18.0 Å². The average Bonchev–Trinajstić information content (AvgIpc) is 2.49. The third-order valence-corrected chi connectivity index (χ3v) is 3.87. The highest BCUT2D eigenvalue weighted by Gasteiger charge is 2.34. The van der Waals surface area contributed by atoms with Crippen LogP contribution >= 0.6 is 0 Å². The van der Waals surface area contributed by atoms with Crippen molar-refractivity contribution in [3.63, 3.8) is 0 Å². The molecule has 0 saturated heterocycles. The Morgan fingerprint density at radius 1 is 1.50 bits per heavy atom. The summed E-state index contributed by atoms with van der Waals surface area (Å²) in [5, 5.41) is 10.2. The summed E-state index contributed by atoms with van der Waals surface area (Å²) in [5.41, 5.74) is 6.61. The fraction of sp³-hybridized carbons (Fsp3) is 0.588. The molecule has 1 aromatic carbocycles. The van der Waals surface area contributed by atoms with Crippen LogP contribution in [-0.2, 0) is 4.79 Å². The summed E-state index contributed by atoms with van der Waals surface area (Å²) in [6, 6.07) is 5.56. The highest BCUT2D eigenvalue weighted by atomic mass is 16.5. The molecule has 0 aliphatic carbocycles. The van der Waals surface area contributed by atoms with Crippen molar-refractivity contribution in [3.8, 4) is 5.75 Å². The zero-order valence-electron chi connectivity index (χ0n) is 13.6. The van der Waals surface area contributed by atoms with Gasteiger partial charge in [0.1, 0.15) is 11.4 Å². The molecule has 1 atom stereocenters. The number of amides is 1. The van der Waals surface area contributed by atoms with Gasteiger partial charge in [-0.25, -0.2) is 0 Å². The van der Waals surface area contributed by atoms with Crippen molar-refractivity contribution in [1.82, 2.24) is 0 Å². The Bertz CT molecular complexity index is 543. The lowest BCUT2D eigenvalue weighted by Gasteiger charge is -2.40. The minimum atomic E-state index is -0.567. The van der Waals surface area contributed by atoms with E-state index in [0.717, 1.165) is 17.7 Å². The first-order valence-corrected chi connectivity index (χ1v) is 7.89. The summed E-state index contributed by atoms with van der Waals surface area (Å²) in [4.78, 5) is 14.0. The number of anilines is 1. The molecule has 1 heterocycles. The standard InChI is InChI=1S/C17H26N2O3/c1-4-16(21)19-11-17(2,3)22-15-8-7-12(10-13(15)19)14(20)6-5-9-18/h7-8,10,14,20H,4-6,9,11,18H2,1-3H3. The van der Waals surface area contributed by atoms with Gasteiger partial charge in [0.05, 0.1) is 18.3 Å². The Morgan fingerprint density at radius 2 is 2.23 bits per heavy atom. The number of hydrogen-bond acceptors (Lipinski definition) is 4. The van der Waals surface area contributed by atoms with Crippen LogP contribution in [0.2, 0.25) is 0 Å².